The van der Waals surface area contributed by atoms with Crippen molar-refractivity contribution in [2.24, 2.45) is 5.41 Å². The van der Waals surface area contributed by atoms with Gasteiger partial charge in [-0.05, 0) is 32.2 Å². The van der Waals surface area contributed by atoms with Crippen LogP contribution in [0.2, 0.25) is 0 Å². The normalized spacial score (nSPS) is 29.1. The minimum Gasteiger partial charge on any atom is -0.468 e. The van der Waals surface area contributed by atoms with Crippen molar-refractivity contribution < 1.29 is 19.1 Å². The maximum absolute atomic E-state index is 12.2. The highest BCUT2D eigenvalue weighted by Gasteiger charge is 2.55. The van der Waals surface area contributed by atoms with E-state index in [9.17, 15) is 9.59 Å². The Hall–Kier alpha value is -1.36. The highest BCUT2D eigenvalue weighted by Crippen LogP contribution is 2.43. The Kier molecular flexibility index (Phi) is 4.48. The Morgan fingerprint density at radius 1 is 1.20 bits per heavy atom. The predicted octanol–water partition coefficient (Wildman–Crippen LogP) is 1.52. The number of nitrogens with zero attached hydrogens (tertiary/aromatic N) is 1. The number of carbonyl (C=O) groups is 2. The molecule has 0 aromatic rings. The van der Waals surface area contributed by atoms with Crippen molar-refractivity contribution in [3.8, 4) is 0 Å². The first-order valence-corrected chi connectivity index (χ1v) is 7.14. The Balaban J connectivity index is 2.35. The van der Waals surface area contributed by atoms with E-state index in [2.05, 4.69) is 11.5 Å². The number of ether oxygens (including phenoxy) is 2. The van der Waals surface area contributed by atoms with Gasteiger partial charge in [-0.3, -0.25) is 14.5 Å². The lowest BCUT2D eigenvalue weighted by molar-refractivity contribution is -0.177. The van der Waals surface area contributed by atoms with Crippen LogP contribution in [0, 0.1) is 5.41 Å². The smallest absolute Gasteiger partial charge is 0.323 e. The van der Waals surface area contributed by atoms with Gasteiger partial charge < -0.3 is 9.47 Å². The zero-order valence-electron chi connectivity index (χ0n) is 12.3. The van der Waals surface area contributed by atoms with Crippen LogP contribution in [0.15, 0.2) is 12.7 Å². The van der Waals surface area contributed by atoms with Crippen molar-refractivity contribution in [1.82, 2.24) is 4.90 Å². The zero-order chi connectivity index (χ0) is 14.8. The van der Waals surface area contributed by atoms with E-state index in [1.54, 1.807) is 0 Å². The lowest BCUT2D eigenvalue weighted by Gasteiger charge is -2.49. The first kappa shape index (κ1) is 15.0. The molecule has 5 nitrogen and oxygen atoms in total. The van der Waals surface area contributed by atoms with Crippen molar-refractivity contribution in [2.75, 3.05) is 20.8 Å². The highest BCUT2D eigenvalue weighted by atomic mass is 16.5. The summed E-state index contributed by atoms with van der Waals surface area (Å²) in [5.74, 6) is -0.970. The largest absolute Gasteiger partial charge is 0.468 e. The molecule has 0 aromatic heterocycles. The van der Waals surface area contributed by atoms with Crippen molar-refractivity contribution in [3.63, 3.8) is 0 Å². The summed E-state index contributed by atoms with van der Waals surface area (Å²) < 4.78 is 9.79. The second kappa shape index (κ2) is 5.95. The molecule has 2 rings (SSSR count). The lowest BCUT2D eigenvalue weighted by atomic mass is 9.70. The molecule has 0 spiro atoms. The van der Waals surface area contributed by atoms with E-state index in [4.69, 9.17) is 9.47 Å². The Morgan fingerprint density at radius 3 is 2.40 bits per heavy atom. The van der Waals surface area contributed by atoms with E-state index in [-0.39, 0.29) is 12.1 Å². The second-order valence-electron chi connectivity index (χ2n) is 5.66. The van der Waals surface area contributed by atoms with Gasteiger partial charge in [0.05, 0.1) is 14.2 Å². The summed E-state index contributed by atoms with van der Waals surface area (Å²) in [6.07, 6.45) is 6.00. The number of fused-ring (bicyclic) bond motifs is 1. The number of methoxy groups -OCH3 is 2. The molecule has 2 fully saturated rings. The van der Waals surface area contributed by atoms with Crippen molar-refractivity contribution >= 4 is 11.9 Å². The first-order chi connectivity index (χ1) is 9.58. The summed E-state index contributed by atoms with van der Waals surface area (Å²) in [6.45, 7) is 4.87. The number of piperidine rings is 2. The van der Waals surface area contributed by atoms with Crippen LogP contribution in [-0.2, 0) is 19.1 Å². The first-order valence-electron chi connectivity index (χ1n) is 7.14. The lowest BCUT2D eigenvalue weighted by Crippen LogP contribution is -2.59. The van der Waals surface area contributed by atoms with Gasteiger partial charge in [0, 0.05) is 12.1 Å². The third-order valence-electron chi connectivity index (χ3n) is 4.66. The quantitative estimate of drug-likeness (QED) is 0.446. The zero-order valence-corrected chi connectivity index (χ0v) is 12.3. The van der Waals surface area contributed by atoms with Crippen LogP contribution in [0.4, 0.5) is 0 Å². The van der Waals surface area contributed by atoms with E-state index in [0.717, 1.165) is 25.8 Å². The summed E-state index contributed by atoms with van der Waals surface area (Å²) in [4.78, 5) is 26.9. The number of hydrogen-bond acceptors (Lipinski definition) is 5. The van der Waals surface area contributed by atoms with Crippen LogP contribution in [-0.4, -0.2) is 49.7 Å². The fraction of sp³-hybridized carbons (Fsp3) is 0.733. The highest BCUT2D eigenvalue weighted by molar-refractivity contribution is 6.00. The Labute approximate surface area is 119 Å². The third kappa shape index (κ3) is 2.35. The van der Waals surface area contributed by atoms with Crippen molar-refractivity contribution in [3.05, 3.63) is 12.7 Å². The molecule has 2 atom stereocenters. The second-order valence-corrected chi connectivity index (χ2v) is 5.66. The SMILES string of the molecule is C=C[C@H]1CC(C(=O)OC)(C(=O)OC)CC2CCCCN21. The van der Waals surface area contributed by atoms with Gasteiger partial charge in [-0.15, -0.1) is 6.58 Å². The molecule has 5 heteroatoms. The molecule has 0 aromatic carbocycles. The summed E-state index contributed by atoms with van der Waals surface area (Å²) in [7, 11) is 2.65. The van der Waals surface area contributed by atoms with Crippen LogP contribution in [0.25, 0.3) is 0 Å². The van der Waals surface area contributed by atoms with Gasteiger partial charge in [-0.1, -0.05) is 12.5 Å². The summed E-state index contributed by atoms with van der Waals surface area (Å²) in [5.41, 5.74) is -1.18. The van der Waals surface area contributed by atoms with E-state index >= 15 is 0 Å². The summed E-state index contributed by atoms with van der Waals surface area (Å²) in [5, 5.41) is 0. The molecular weight excluding hydrogens is 258 g/mol. The molecule has 0 bridgehead atoms. The average Bonchev–Trinajstić information content (AvgIpc) is 2.51. The molecule has 0 radical (unpaired) electrons. The van der Waals surface area contributed by atoms with Crippen molar-refractivity contribution in [2.45, 2.75) is 44.2 Å². The third-order valence-corrected chi connectivity index (χ3v) is 4.66. The molecule has 0 amide bonds. The molecule has 0 saturated carbocycles. The molecule has 2 aliphatic heterocycles. The fourth-order valence-electron chi connectivity index (χ4n) is 3.66. The van der Waals surface area contributed by atoms with Crippen LogP contribution >= 0.6 is 0 Å². The maximum Gasteiger partial charge on any atom is 0.323 e. The van der Waals surface area contributed by atoms with Gasteiger partial charge in [0.2, 0.25) is 0 Å². The Bertz CT molecular complexity index is 391. The molecule has 112 valence electrons. The molecule has 20 heavy (non-hydrogen) atoms. The maximum atomic E-state index is 12.2. The van der Waals surface area contributed by atoms with Gasteiger partial charge in [0.25, 0.3) is 0 Å². The molecule has 2 saturated heterocycles. The average molecular weight is 281 g/mol. The number of hydrogen-bond donors (Lipinski definition) is 0. The van der Waals surface area contributed by atoms with Gasteiger partial charge in [-0.25, -0.2) is 0 Å². The minimum absolute atomic E-state index is 0.0206. The fourth-order valence-corrected chi connectivity index (χ4v) is 3.66. The topological polar surface area (TPSA) is 55.8 Å². The minimum atomic E-state index is -1.18. The van der Waals surface area contributed by atoms with E-state index in [1.807, 2.05) is 6.08 Å². The summed E-state index contributed by atoms with van der Waals surface area (Å²) in [6, 6.07) is 0.242. The van der Waals surface area contributed by atoms with Crippen LogP contribution < -0.4 is 0 Å². The monoisotopic (exact) mass is 281 g/mol. The van der Waals surface area contributed by atoms with Crippen molar-refractivity contribution in [1.29, 1.82) is 0 Å². The van der Waals surface area contributed by atoms with Gasteiger partial charge in [0.15, 0.2) is 5.41 Å². The summed E-state index contributed by atoms with van der Waals surface area (Å²) >= 11 is 0. The van der Waals surface area contributed by atoms with E-state index in [1.165, 1.54) is 14.2 Å². The van der Waals surface area contributed by atoms with E-state index < -0.39 is 17.4 Å². The standard InChI is InChI=1S/C15H23NO4/c1-4-11-9-15(13(17)19-2,14(18)20-3)10-12-7-5-6-8-16(11)12/h4,11-12H,1,5-10H2,2-3H3/t11-,12?/m0/s1. The molecule has 0 aliphatic carbocycles. The van der Waals surface area contributed by atoms with Gasteiger partial charge in [-0.2, -0.15) is 0 Å². The van der Waals surface area contributed by atoms with Crippen LogP contribution in [0.1, 0.15) is 32.1 Å². The number of carbonyl (C=O) groups excluding carboxylic acids is 2. The molecule has 2 aliphatic rings. The Morgan fingerprint density at radius 2 is 1.85 bits per heavy atom. The number of rotatable bonds is 3. The van der Waals surface area contributed by atoms with Gasteiger partial charge in [0.1, 0.15) is 0 Å². The van der Waals surface area contributed by atoms with E-state index in [0.29, 0.717) is 12.8 Å². The van der Waals surface area contributed by atoms with Crippen LogP contribution in [0.5, 0.6) is 0 Å². The molecule has 0 N–H and O–H groups in total. The molecule has 2 heterocycles. The number of esters is 2. The molecular formula is C15H23NO4. The van der Waals surface area contributed by atoms with Crippen LogP contribution in [0.3, 0.4) is 0 Å². The van der Waals surface area contributed by atoms with Gasteiger partial charge >= 0.3 is 11.9 Å². The predicted molar refractivity (Wildman–Crippen MR) is 74.0 cm³/mol. The molecule has 1 unspecified atom stereocenters.